The highest BCUT2D eigenvalue weighted by molar-refractivity contribution is 7.99. The monoisotopic (exact) mass is 221 g/mol. The van der Waals surface area contributed by atoms with Crippen LogP contribution in [0.2, 0.25) is 0 Å². The summed E-state index contributed by atoms with van der Waals surface area (Å²) in [6.45, 7) is 1.93. The molecule has 0 saturated heterocycles. The molecule has 0 unspecified atom stereocenters. The molecule has 0 atom stereocenters. The van der Waals surface area contributed by atoms with Crippen molar-refractivity contribution in [3.8, 4) is 0 Å². The van der Waals surface area contributed by atoms with Gasteiger partial charge in [-0.25, -0.2) is 4.98 Å². The van der Waals surface area contributed by atoms with E-state index in [1.54, 1.807) is 30.4 Å². The summed E-state index contributed by atoms with van der Waals surface area (Å²) in [5.74, 6) is 1.66. The number of nitrogens with zero attached hydrogens (tertiary/aromatic N) is 2. The van der Waals surface area contributed by atoms with E-state index in [2.05, 4.69) is 15.3 Å². The second-order valence-corrected chi connectivity index (χ2v) is 4.00. The Labute approximate surface area is 92.1 Å². The van der Waals surface area contributed by atoms with Gasteiger partial charge in [0.15, 0.2) is 0 Å². The highest BCUT2D eigenvalue weighted by Crippen LogP contribution is 2.29. The first-order chi connectivity index (χ1) is 7.29. The maximum atomic E-state index is 5.21. The van der Waals surface area contributed by atoms with Crippen molar-refractivity contribution in [3.05, 3.63) is 30.5 Å². The maximum Gasteiger partial charge on any atom is 0.145 e. The molecule has 4 nitrogen and oxygen atoms in total. The van der Waals surface area contributed by atoms with Gasteiger partial charge in [0.2, 0.25) is 0 Å². The number of hydrogen-bond acceptors (Lipinski definition) is 5. The highest BCUT2D eigenvalue weighted by Gasteiger charge is 2.05. The van der Waals surface area contributed by atoms with Gasteiger partial charge in [-0.1, -0.05) is 11.8 Å². The van der Waals surface area contributed by atoms with Gasteiger partial charge in [0.1, 0.15) is 16.6 Å². The van der Waals surface area contributed by atoms with Crippen molar-refractivity contribution in [3.63, 3.8) is 0 Å². The van der Waals surface area contributed by atoms with Gasteiger partial charge >= 0.3 is 0 Å². The minimum atomic E-state index is 0.765. The molecule has 0 spiro atoms. The Bertz CT molecular complexity index is 455. The van der Waals surface area contributed by atoms with Crippen LogP contribution in [0.15, 0.2) is 39.1 Å². The first-order valence-electron chi connectivity index (χ1n) is 4.51. The lowest BCUT2D eigenvalue weighted by Gasteiger charge is -2.01. The van der Waals surface area contributed by atoms with Crippen LogP contribution in [-0.2, 0) is 0 Å². The van der Waals surface area contributed by atoms with Gasteiger partial charge in [-0.2, -0.15) is 0 Å². The first-order valence-corrected chi connectivity index (χ1v) is 5.33. The van der Waals surface area contributed by atoms with Crippen molar-refractivity contribution >= 4 is 17.6 Å². The molecule has 5 heteroatoms. The van der Waals surface area contributed by atoms with Gasteiger partial charge in [-0.05, 0) is 13.0 Å². The lowest BCUT2D eigenvalue weighted by atomic mass is 10.5. The van der Waals surface area contributed by atoms with E-state index in [-0.39, 0.29) is 0 Å². The van der Waals surface area contributed by atoms with Crippen molar-refractivity contribution in [1.29, 1.82) is 0 Å². The zero-order chi connectivity index (χ0) is 10.7. The van der Waals surface area contributed by atoms with Crippen LogP contribution in [0.5, 0.6) is 0 Å². The Balaban J connectivity index is 2.21. The Morgan fingerprint density at radius 2 is 2.27 bits per heavy atom. The fraction of sp³-hybridized carbons (Fsp3) is 0.200. The molecule has 0 bridgehead atoms. The molecule has 0 aliphatic carbocycles. The predicted octanol–water partition coefficient (Wildman–Crippen LogP) is 2.57. The average molecular weight is 221 g/mol. The number of nitrogens with one attached hydrogen (secondary N) is 1. The van der Waals surface area contributed by atoms with Crippen LogP contribution >= 0.6 is 11.8 Å². The van der Waals surface area contributed by atoms with Crippen LogP contribution < -0.4 is 5.32 Å². The fourth-order valence-electron chi connectivity index (χ4n) is 1.11. The van der Waals surface area contributed by atoms with Gasteiger partial charge in [0.25, 0.3) is 0 Å². The molecule has 1 N–H and O–H groups in total. The molecule has 0 fully saturated rings. The van der Waals surface area contributed by atoms with Crippen molar-refractivity contribution < 1.29 is 4.42 Å². The van der Waals surface area contributed by atoms with E-state index in [0.29, 0.717) is 0 Å². The van der Waals surface area contributed by atoms with E-state index >= 15 is 0 Å². The minimum Gasteiger partial charge on any atom is -0.468 e. The summed E-state index contributed by atoms with van der Waals surface area (Å²) < 4.78 is 5.21. The van der Waals surface area contributed by atoms with Gasteiger partial charge in [-0.15, -0.1) is 0 Å². The summed E-state index contributed by atoms with van der Waals surface area (Å²) in [5, 5.41) is 3.80. The molecule has 0 aromatic carbocycles. The Hall–Kier alpha value is -1.49. The maximum absolute atomic E-state index is 5.21. The smallest absolute Gasteiger partial charge is 0.145 e. The molecular weight excluding hydrogens is 210 g/mol. The molecule has 0 aliphatic heterocycles. The van der Waals surface area contributed by atoms with Crippen molar-refractivity contribution in [2.45, 2.75) is 16.8 Å². The van der Waals surface area contributed by atoms with Gasteiger partial charge in [0, 0.05) is 7.05 Å². The van der Waals surface area contributed by atoms with Crippen LogP contribution in [0, 0.1) is 6.92 Å². The first kappa shape index (κ1) is 10.0. The molecule has 78 valence electrons. The van der Waals surface area contributed by atoms with Gasteiger partial charge in [0.05, 0.1) is 23.6 Å². The average Bonchev–Trinajstić information content (AvgIpc) is 2.65. The Kier molecular flexibility index (Phi) is 2.91. The van der Waals surface area contributed by atoms with Crippen LogP contribution in [0.4, 0.5) is 5.82 Å². The lowest BCUT2D eigenvalue weighted by molar-refractivity contribution is 0.527. The zero-order valence-electron chi connectivity index (χ0n) is 8.52. The normalized spacial score (nSPS) is 10.3. The fourth-order valence-corrected chi connectivity index (χ4v) is 1.91. The summed E-state index contributed by atoms with van der Waals surface area (Å²) >= 11 is 1.54. The number of rotatable bonds is 3. The van der Waals surface area contributed by atoms with E-state index in [1.165, 1.54) is 0 Å². The molecule has 0 amide bonds. The lowest BCUT2D eigenvalue weighted by Crippen LogP contribution is -1.93. The number of furan rings is 1. The summed E-state index contributed by atoms with van der Waals surface area (Å²) in [5.41, 5.74) is 0. The van der Waals surface area contributed by atoms with Crippen molar-refractivity contribution in [2.24, 2.45) is 0 Å². The van der Waals surface area contributed by atoms with Crippen LogP contribution in [0.25, 0.3) is 0 Å². The molecule has 15 heavy (non-hydrogen) atoms. The molecule has 2 aromatic heterocycles. The predicted molar refractivity (Wildman–Crippen MR) is 59.1 cm³/mol. The largest absolute Gasteiger partial charge is 0.468 e. The molecule has 0 radical (unpaired) electrons. The molecule has 2 aromatic rings. The topological polar surface area (TPSA) is 51.0 Å². The number of aromatic nitrogens is 2. The standard InChI is InChI=1S/C10H11N3OS/c1-7-8(3-4-14-7)15-10-6-12-5-9(11-2)13-10/h3-6H,1-2H3,(H,11,13). The van der Waals surface area contributed by atoms with Crippen LogP contribution in [0.1, 0.15) is 5.76 Å². The summed E-state index contributed by atoms with van der Waals surface area (Å²) in [6, 6.07) is 1.92. The van der Waals surface area contributed by atoms with E-state index in [9.17, 15) is 0 Å². The minimum absolute atomic E-state index is 0.765. The molecule has 2 rings (SSSR count). The highest BCUT2D eigenvalue weighted by atomic mass is 32.2. The summed E-state index contributed by atoms with van der Waals surface area (Å²) in [6.07, 6.45) is 5.09. The number of aryl methyl sites for hydroxylation is 1. The quantitative estimate of drug-likeness (QED) is 0.863. The number of anilines is 1. The molecule has 2 heterocycles. The van der Waals surface area contributed by atoms with E-state index in [1.807, 2.05) is 20.0 Å². The number of hydrogen-bond donors (Lipinski definition) is 1. The van der Waals surface area contributed by atoms with Gasteiger partial charge < -0.3 is 9.73 Å². The third-order valence-electron chi connectivity index (χ3n) is 1.89. The van der Waals surface area contributed by atoms with E-state index in [0.717, 1.165) is 21.5 Å². The zero-order valence-corrected chi connectivity index (χ0v) is 9.34. The SMILES string of the molecule is CNc1cncc(Sc2ccoc2C)n1. The molecule has 0 aliphatic rings. The Morgan fingerprint density at radius 1 is 1.40 bits per heavy atom. The summed E-state index contributed by atoms with van der Waals surface area (Å²) in [7, 11) is 1.82. The summed E-state index contributed by atoms with van der Waals surface area (Å²) in [4.78, 5) is 9.51. The van der Waals surface area contributed by atoms with Crippen molar-refractivity contribution in [1.82, 2.24) is 9.97 Å². The molecule has 0 saturated carbocycles. The Morgan fingerprint density at radius 3 is 2.93 bits per heavy atom. The van der Waals surface area contributed by atoms with E-state index in [4.69, 9.17) is 4.42 Å². The van der Waals surface area contributed by atoms with Crippen LogP contribution in [-0.4, -0.2) is 17.0 Å². The second kappa shape index (κ2) is 4.35. The third kappa shape index (κ3) is 2.30. The van der Waals surface area contributed by atoms with Gasteiger partial charge in [-0.3, -0.25) is 4.98 Å². The third-order valence-corrected chi connectivity index (χ3v) is 2.94. The molecular formula is C10H11N3OS. The van der Waals surface area contributed by atoms with E-state index < -0.39 is 0 Å². The van der Waals surface area contributed by atoms with Crippen LogP contribution in [0.3, 0.4) is 0 Å². The van der Waals surface area contributed by atoms with Crippen molar-refractivity contribution in [2.75, 3.05) is 12.4 Å². The second-order valence-electron chi connectivity index (χ2n) is 2.94.